The van der Waals surface area contributed by atoms with Crippen molar-refractivity contribution >= 4 is 27.9 Å². The van der Waals surface area contributed by atoms with Gasteiger partial charge in [0.2, 0.25) is 5.91 Å². The number of carbonyl (C=O) groups excluding carboxylic acids is 1. The van der Waals surface area contributed by atoms with Crippen molar-refractivity contribution in [2.75, 3.05) is 13.2 Å². The van der Waals surface area contributed by atoms with Gasteiger partial charge in [-0.1, -0.05) is 28.1 Å². The van der Waals surface area contributed by atoms with Crippen LogP contribution in [0.4, 0.5) is 0 Å². The van der Waals surface area contributed by atoms with Crippen LogP contribution in [0.15, 0.2) is 34.8 Å². The minimum atomic E-state index is 0.0745. The first kappa shape index (κ1) is 15.3. The molecule has 1 heterocycles. The molecule has 1 aliphatic heterocycles. The average molecular weight is 338 g/mol. The highest BCUT2D eigenvalue weighted by Gasteiger charge is 2.26. The zero-order valence-corrected chi connectivity index (χ0v) is 13.1. The molecular formula is C16H20BrNO2. The Balaban J connectivity index is 1.96. The second kappa shape index (κ2) is 7.60. The number of likely N-dealkylation sites (tertiary alicyclic amines) is 1. The van der Waals surface area contributed by atoms with E-state index in [1.54, 1.807) is 6.08 Å². The van der Waals surface area contributed by atoms with Gasteiger partial charge in [-0.05, 0) is 49.5 Å². The molecule has 1 aromatic rings. The summed E-state index contributed by atoms with van der Waals surface area (Å²) >= 11 is 3.42. The Morgan fingerprint density at radius 2 is 2.35 bits per heavy atom. The number of hydrogen-bond acceptors (Lipinski definition) is 2. The predicted molar refractivity (Wildman–Crippen MR) is 84.2 cm³/mol. The lowest BCUT2D eigenvalue weighted by Crippen LogP contribution is -2.34. The van der Waals surface area contributed by atoms with Gasteiger partial charge in [0.1, 0.15) is 0 Å². The number of halogens is 1. The predicted octanol–water partition coefficient (Wildman–Crippen LogP) is 3.23. The maximum Gasteiger partial charge on any atom is 0.246 e. The molecule has 20 heavy (non-hydrogen) atoms. The van der Waals surface area contributed by atoms with E-state index in [0.29, 0.717) is 6.04 Å². The number of benzene rings is 1. The zero-order valence-electron chi connectivity index (χ0n) is 11.5. The summed E-state index contributed by atoms with van der Waals surface area (Å²) in [6.07, 6.45) is 7.29. The van der Waals surface area contributed by atoms with E-state index < -0.39 is 0 Å². The van der Waals surface area contributed by atoms with E-state index in [4.69, 9.17) is 5.11 Å². The van der Waals surface area contributed by atoms with Gasteiger partial charge in [-0.2, -0.15) is 0 Å². The normalized spacial score (nSPS) is 18.9. The summed E-state index contributed by atoms with van der Waals surface area (Å²) in [5.41, 5.74) is 1.01. The molecule has 1 aliphatic rings. The fourth-order valence-electron chi connectivity index (χ4n) is 2.63. The Morgan fingerprint density at radius 3 is 3.10 bits per heavy atom. The van der Waals surface area contributed by atoms with Gasteiger partial charge in [-0.25, -0.2) is 0 Å². The maximum atomic E-state index is 12.2. The minimum Gasteiger partial charge on any atom is -0.396 e. The van der Waals surface area contributed by atoms with Gasteiger partial charge in [-0.15, -0.1) is 0 Å². The summed E-state index contributed by atoms with van der Waals surface area (Å²) in [5.74, 6) is 0.0745. The standard InChI is InChI=1S/C16H20BrNO2/c17-14-5-1-4-13(12-14)8-9-16(20)18-10-2-6-15(18)7-3-11-19/h1,4-5,8-9,12,15,19H,2-3,6-7,10-11H2. The van der Waals surface area contributed by atoms with Gasteiger partial charge in [0, 0.05) is 29.7 Å². The molecule has 1 saturated heterocycles. The highest BCUT2D eigenvalue weighted by Crippen LogP contribution is 2.22. The van der Waals surface area contributed by atoms with Crippen LogP contribution in [-0.2, 0) is 4.79 Å². The molecule has 1 fully saturated rings. The van der Waals surface area contributed by atoms with E-state index in [2.05, 4.69) is 15.9 Å². The molecule has 1 N–H and O–H groups in total. The quantitative estimate of drug-likeness (QED) is 0.838. The number of carbonyl (C=O) groups is 1. The Kier molecular flexibility index (Phi) is 5.80. The van der Waals surface area contributed by atoms with Gasteiger partial charge in [-0.3, -0.25) is 4.79 Å². The molecule has 0 aliphatic carbocycles. The van der Waals surface area contributed by atoms with Crippen molar-refractivity contribution in [3.63, 3.8) is 0 Å². The number of amides is 1. The molecule has 1 unspecified atom stereocenters. The van der Waals surface area contributed by atoms with Gasteiger partial charge >= 0.3 is 0 Å². The van der Waals surface area contributed by atoms with Crippen LogP contribution < -0.4 is 0 Å². The van der Waals surface area contributed by atoms with Gasteiger partial charge in [0.25, 0.3) is 0 Å². The van der Waals surface area contributed by atoms with Crippen molar-refractivity contribution in [3.8, 4) is 0 Å². The van der Waals surface area contributed by atoms with Crippen molar-refractivity contribution in [3.05, 3.63) is 40.4 Å². The molecule has 0 aromatic heterocycles. The van der Waals surface area contributed by atoms with Crippen molar-refractivity contribution in [1.29, 1.82) is 0 Å². The van der Waals surface area contributed by atoms with E-state index in [9.17, 15) is 4.79 Å². The lowest BCUT2D eigenvalue weighted by atomic mass is 10.1. The molecule has 2 rings (SSSR count). The van der Waals surface area contributed by atoms with Crippen molar-refractivity contribution in [2.45, 2.75) is 31.7 Å². The molecule has 4 heteroatoms. The first-order chi connectivity index (χ1) is 9.70. The largest absolute Gasteiger partial charge is 0.396 e. The third-order valence-electron chi connectivity index (χ3n) is 3.62. The smallest absolute Gasteiger partial charge is 0.246 e. The Bertz CT molecular complexity index is 487. The second-order valence-electron chi connectivity index (χ2n) is 5.08. The summed E-state index contributed by atoms with van der Waals surface area (Å²) in [6, 6.07) is 8.17. The number of nitrogens with zero attached hydrogens (tertiary/aromatic N) is 1. The molecule has 1 atom stereocenters. The molecule has 0 bridgehead atoms. The SMILES string of the molecule is O=C(C=Cc1cccc(Br)c1)N1CCCC1CCCO. The second-order valence-corrected chi connectivity index (χ2v) is 6.00. The number of hydrogen-bond donors (Lipinski definition) is 1. The summed E-state index contributed by atoms with van der Waals surface area (Å²) in [4.78, 5) is 14.2. The van der Waals surface area contributed by atoms with E-state index in [0.717, 1.165) is 42.3 Å². The molecular weight excluding hydrogens is 318 g/mol. The molecule has 3 nitrogen and oxygen atoms in total. The molecule has 0 saturated carbocycles. The lowest BCUT2D eigenvalue weighted by Gasteiger charge is -2.23. The van der Waals surface area contributed by atoms with Gasteiger partial charge in [0.15, 0.2) is 0 Å². The molecule has 0 spiro atoms. The van der Waals surface area contributed by atoms with Crippen LogP contribution >= 0.6 is 15.9 Å². The Labute approximate surface area is 128 Å². The van der Waals surface area contributed by atoms with Crippen LogP contribution in [-0.4, -0.2) is 35.1 Å². The topological polar surface area (TPSA) is 40.5 Å². The molecule has 108 valence electrons. The number of rotatable bonds is 5. The van der Waals surface area contributed by atoms with E-state index >= 15 is 0 Å². The Morgan fingerprint density at radius 1 is 1.50 bits per heavy atom. The minimum absolute atomic E-state index is 0.0745. The fourth-order valence-corrected chi connectivity index (χ4v) is 3.04. The fraction of sp³-hybridized carbons (Fsp3) is 0.438. The van der Waals surface area contributed by atoms with Gasteiger partial charge in [0.05, 0.1) is 0 Å². The van der Waals surface area contributed by atoms with Crippen molar-refractivity contribution < 1.29 is 9.90 Å². The third-order valence-corrected chi connectivity index (χ3v) is 4.12. The maximum absolute atomic E-state index is 12.2. The summed E-state index contributed by atoms with van der Waals surface area (Å²) in [6.45, 7) is 1.03. The van der Waals surface area contributed by atoms with Crippen LogP contribution in [0.25, 0.3) is 6.08 Å². The zero-order chi connectivity index (χ0) is 14.4. The van der Waals surface area contributed by atoms with Crippen LogP contribution in [0.1, 0.15) is 31.2 Å². The van der Waals surface area contributed by atoms with Crippen LogP contribution in [0.5, 0.6) is 0 Å². The van der Waals surface area contributed by atoms with Crippen LogP contribution in [0.2, 0.25) is 0 Å². The molecule has 0 radical (unpaired) electrons. The van der Waals surface area contributed by atoms with Crippen molar-refractivity contribution in [1.82, 2.24) is 4.90 Å². The summed E-state index contributed by atoms with van der Waals surface area (Å²) in [5, 5.41) is 8.91. The summed E-state index contributed by atoms with van der Waals surface area (Å²) in [7, 11) is 0. The first-order valence-electron chi connectivity index (χ1n) is 7.06. The highest BCUT2D eigenvalue weighted by molar-refractivity contribution is 9.10. The van der Waals surface area contributed by atoms with E-state index in [1.165, 1.54) is 0 Å². The van der Waals surface area contributed by atoms with E-state index in [-0.39, 0.29) is 12.5 Å². The number of aliphatic hydroxyl groups is 1. The monoisotopic (exact) mass is 337 g/mol. The first-order valence-corrected chi connectivity index (χ1v) is 7.85. The van der Waals surface area contributed by atoms with Crippen LogP contribution in [0.3, 0.4) is 0 Å². The molecule has 1 aromatic carbocycles. The molecule has 1 amide bonds. The van der Waals surface area contributed by atoms with Crippen LogP contribution in [0, 0.1) is 0 Å². The third kappa shape index (κ3) is 4.18. The van der Waals surface area contributed by atoms with Crippen molar-refractivity contribution in [2.24, 2.45) is 0 Å². The van der Waals surface area contributed by atoms with E-state index in [1.807, 2.05) is 35.2 Å². The highest BCUT2D eigenvalue weighted by atomic mass is 79.9. The van der Waals surface area contributed by atoms with Gasteiger partial charge < -0.3 is 10.0 Å². The number of aliphatic hydroxyl groups excluding tert-OH is 1. The average Bonchev–Trinajstić information content (AvgIpc) is 2.91. The Hall–Kier alpha value is -1.13. The lowest BCUT2D eigenvalue weighted by molar-refractivity contribution is -0.126. The summed E-state index contributed by atoms with van der Waals surface area (Å²) < 4.78 is 1.01.